The van der Waals surface area contributed by atoms with Crippen LogP contribution in [0.3, 0.4) is 0 Å². The van der Waals surface area contributed by atoms with Gasteiger partial charge in [-0.3, -0.25) is 0 Å². The summed E-state index contributed by atoms with van der Waals surface area (Å²) in [6.45, 7) is 1.78. The number of carbonyl (C=O) groups excluding carboxylic acids is 2. The number of esters is 1. The maximum absolute atomic E-state index is 11.1. The molecule has 1 aromatic rings. The molecule has 5 heteroatoms. The molecule has 0 aliphatic rings. The van der Waals surface area contributed by atoms with Gasteiger partial charge in [0.05, 0.1) is 6.61 Å². The molecule has 19 heavy (non-hydrogen) atoms. The Morgan fingerprint density at radius 2 is 1.89 bits per heavy atom. The lowest BCUT2D eigenvalue weighted by Gasteiger charge is -1.98. The molecule has 5 nitrogen and oxygen atoms in total. The van der Waals surface area contributed by atoms with Gasteiger partial charge >= 0.3 is 12.1 Å². The minimum atomic E-state index is -1.00. The van der Waals surface area contributed by atoms with Crippen LogP contribution in [0.4, 0.5) is 10.5 Å². The van der Waals surface area contributed by atoms with E-state index in [1.54, 1.807) is 31.2 Å². The number of anilines is 1. The molecule has 1 rings (SSSR count). The standard InChI is InChI=1S/C14H15NO4/c1-2-18-14(17)19-13(16)6-4-3-5-11-7-9-12(15)10-8-11/h3-10H,2,15H2,1H3. The SMILES string of the molecule is CCOC(=O)OC(=O)C=CC=Cc1ccc(N)cc1. The molecular weight excluding hydrogens is 246 g/mol. The van der Waals surface area contributed by atoms with Gasteiger partial charge < -0.3 is 15.2 Å². The fourth-order valence-electron chi connectivity index (χ4n) is 1.17. The molecule has 0 saturated carbocycles. The maximum Gasteiger partial charge on any atom is 0.516 e. The van der Waals surface area contributed by atoms with Crippen molar-refractivity contribution in [1.82, 2.24) is 0 Å². The number of benzene rings is 1. The number of hydrogen-bond acceptors (Lipinski definition) is 5. The monoisotopic (exact) mass is 261 g/mol. The van der Waals surface area contributed by atoms with E-state index in [-0.39, 0.29) is 6.61 Å². The molecule has 0 aliphatic heterocycles. The lowest BCUT2D eigenvalue weighted by Crippen LogP contribution is -2.11. The van der Waals surface area contributed by atoms with E-state index in [1.165, 1.54) is 6.08 Å². The molecule has 0 unspecified atom stereocenters. The zero-order chi connectivity index (χ0) is 14.1. The number of allylic oxidation sites excluding steroid dienone is 2. The zero-order valence-corrected chi connectivity index (χ0v) is 10.5. The second-order valence-electron chi connectivity index (χ2n) is 3.49. The van der Waals surface area contributed by atoms with Crippen molar-refractivity contribution < 1.29 is 19.1 Å². The van der Waals surface area contributed by atoms with E-state index in [4.69, 9.17) is 5.73 Å². The van der Waals surface area contributed by atoms with E-state index in [9.17, 15) is 9.59 Å². The number of hydrogen-bond donors (Lipinski definition) is 1. The largest absolute Gasteiger partial charge is 0.516 e. The smallest absolute Gasteiger partial charge is 0.434 e. The van der Waals surface area contributed by atoms with Crippen LogP contribution in [-0.2, 0) is 14.3 Å². The zero-order valence-electron chi connectivity index (χ0n) is 10.5. The molecule has 1 aromatic carbocycles. The van der Waals surface area contributed by atoms with E-state index in [1.807, 2.05) is 12.1 Å². The molecule has 2 N–H and O–H groups in total. The van der Waals surface area contributed by atoms with Gasteiger partial charge in [0.2, 0.25) is 0 Å². The van der Waals surface area contributed by atoms with Crippen molar-refractivity contribution in [3.63, 3.8) is 0 Å². The molecule has 0 aromatic heterocycles. The second-order valence-corrected chi connectivity index (χ2v) is 3.49. The van der Waals surface area contributed by atoms with Gasteiger partial charge in [-0.25, -0.2) is 9.59 Å². The molecular formula is C14H15NO4. The summed E-state index contributed by atoms with van der Waals surface area (Å²) in [5.74, 6) is -0.777. The van der Waals surface area contributed by atoms with E-state index < -0.39 is 12.1 Å². The minimum absolute atomic E-state index is 0.160. The first-order valence-electron chi connectivity index (χ1n) is 5.70. The van der Waals surface area contributed by atoms with Gasteiger partial charge in [0.15, 0.2) is 0 Å². The van der Waals surface area contributed by atoms with Gasteiger partial charge in [0.25, 0.3) is 0 Å². The summed E-state index contributed by atoms with van der Waals surface area (Å²) in [6.07, 6.45) is 5.04. The molecule has 0 bridgehead atoms. The Bertz CT molecular complexity index is 489. The van der Waals surface area contributed by atoms with Crippen LogP contribution in [0.2, 0.25) is 0 Å². The normalized spacial score (nSPS) is 10.8. The van der Waals surface area contributed by atoms with Crippen molar-refractivity contribution in [2.24, 2.45) is 0 Å². The number of nitrogen functional groups attached to an aromatic ring is 1. The highest BCUT2D eigenvalue weighted by Crippen LogP contribution is 2.06. The van der Waals surface area contributed by atoms with Crippen molar-refractivity contribution in [1.29, 1.82) is 0 Å². The molecule has 0 saturated heterocycles. The summed E-state index contributed by atoms with van der Waals surface area (Å²) < 4.78 is 8.78. The average Bonchev–Trinajstić information content (AvgIpc) is 2.37. The number of nitrogens with two attached hydrogens (primary N) is 1. The first kappa shape index (κ1) is 14.5. The van der Waals surface area contributed by atoms with E-state index in [2.05, 4.69) is 9.47 Å². The van der Waals surface area contributed by atoms with Crippen molar-refractivity contribution in [3.05, 3.63) is 48.1 Å². The summed E-state index contributed by atoms with van der Waals surface area (Å²) in [4.78, 5) is 21.9. The summed E-state index contributed by atoms with van der Waals surface area (Å²) in [7, 11) is 0. The van der Waals surface area contributed by atoms with Crippen LogP contribution < -0.4 is 5.73 Å². The lowest BCUT2D eigenvalue weighted by atomic mass is 10.2. The van der Waals surface area contributed by atoms with Crippen LogP contribution in [0, 0.1) is 0 Å². The molecule has 0 aliphatic carbocycles. The molecule has 0 atom stereocenters. The van der Waals surface area contributed by atoms with E-state index >= 15 is 0 Å². The fraction of sp³-hybridized carbons (Fsp3) is 0.143. The van der Waals surface area contributed by atoms with E-state index in [0.29, 0.717) is 5.69 Å². The Balaban J connectivity index is 2.42. The second kappa shape index (κ2) is 7.71. The molecule has 0 fully saturated rings. The van der Waals surface area contributed by atoms with Gasteiger partial charge in [-0.05, 0) is 24.6 Å². The number of rotatable bonds is 4. The molecule has 0 amide bonds. The first-order chi connectivity index (χ1) is 9.11. The molecule has 100 valence electrons. The third-order valence-corrected chi connectivity index (χ3v) is 2.01. The highest BCUT2D eigenvalue weighted by molar-refractivity contribution is 5.90. The Hall–Kier alpha value is -2.56. The Labute approximate surface area is 111 Å². The average molecular weight is 261 g/mol. The molecule has 0 radical (unpaired) electrons. The predicted molar refractivity (Wildman–Crippen MR) is 72.1 cm³/mol. The number of carbonyl (C=O) groups is 2. The van der Waals surface area contributed by atoms with Gasteiger partial charge in [-0.2, -0.15) is 0 Å². The van der Waals surface area contributed by atoms with Gasteiger partial charge in [0.1, 0.15) is 0 Å². The predicted octanol–water partition coefficient (Wildman–Crippen LogP) is 2.54. The highest BCUT2D eigenvalue weighted by atomic mass is 16.7. The van der Waals surface area contributed by atoms with Gasteiger partial charge in [-0.1, -0.05) is 30.4 Å². The molecule has 0 spiro atoms. The van der Waals surface area contributed by atoms with Crippen LogP contribution in [0.25, 0.3) is 6.08 Å². The topological polar surface area (TPSA) is 78.6 Å². The van der Waals surface area contributed by atoms with Crippen molar-refractivity contribution >= 4 is 23.9 Å². The summed E-state index contributed by atoms with van der Waals surface area (Å²) in [5.41, 5.74) is 7.18. The summed E-state index contributed by atoms with van der Waals surface area (Å²) in [5, 5.41) is 0. The third-order valence-electron chi connectivity index (χ3n) is 2.01. The quantitative estimate of drug-likeness (QED) is 0.296. The van der Waals surface area contributed by atoms with E-state index in [0.717, 1.165) is 11.6 Å². The van der Waals surface area contributed by atoms with Gasteiger partial charge in [0, 0.05) is 11.8 Å². The van der Waals surface area contributed by atoms with Crippen LogP contribution in [0.15, 0.2) is 42.5 Å². The lowest BCUT2D eigenvalue weighted by molar-refractivity contribution is -0.134. The van der Waals surface area contributed by atoms with Crippen LogP contribution >= 0.6 is 0 Å². The number of ether oxygens (including phenoxy) is 2. The summed E-state index contributed by atoms with van der Waals surface area (Å²) in [6, 6.07) is 7.24. The maximum atomic E-state index is 11.1. The fourth-order valence-corrected chi connectivity index (χ4v) is 1.17. The highest BCUT2D eigenvalue weighted by Gasteiger charge is 2.06. The molecule has 0 heterocycles. The Morgan fingerprint density at radius 3 is 2.53 bits per heavy atom. The first-order valence-corrected chi connectivity index (χ1v) is 5.70. The van der Waals surface area contributed by atoms with Gasteiger partial charge in [-0.15, -0.1) is 0 Å². The minimum Gasteiger partial charge on any atom is -0.434 e. The van der Waals surface area contributed by atoms with Crippen molar-refractivity contribution in [2.45, 2.75) is 6.92 Å². The third kappa shape index (κ3) is 6.07. The van der Waals surface area contributed by atoms with Crippen LogP contribution in [-0.4, -0.2) is 18.7 Å². The Kier molecular flexibility index (Phi) is 5.88. The van der Waals surface area contributed by atoms with Crippen LogP contribution in [0.1, 0.15) is 12.5 Å². The van der Waals surface area contributed by atoms with Crippen molar-refractivity contribution in [3.8, 4) is 0 Å². The van der Waals surface area contributed by atoms with Crippen LogP contribution in [0.5, 0.6) is 0 Å². The van der Waals surface area contributed by atoms with Crippen molar-refractivity contribution in [2.75, 3.05) is 12.3 Å². The summed E-state index contributed by atoms with van der Waals surface area (Å²) >= 11 is 0. The Morgan fingerprint density at radius 1 is 1.21 bits per heavy atom.